The number of hydrogen-bond acceptors (Lipinski definition) is 3. The smallest absolute Gasteiger partial charge is 0.105 e. The van der Waals surface area contributed by atoms with Crippen LogP contribution in [0.25, 0.3) is 0 Å². The zero-order valence-corrected chi connectivity index (χ0v) is 9.33. The van der Waals surface area contributed by atoms with Crippen LogP contribution in [0.3, 0.4) is 0 Å². The van der Waals surface area contributed by atoms with E-state index >= 15 is 0 Å². The van der Waals surface area contributed by atoms with Gasteiger partial charge in [0.25, 0.3) is 0 Å². The molecular weight excluding hydrogens is 182 g/mol. The lowest BCUT2D eigenvalue weighted by Crippen LogP contribution is -2.16. The molecule has 0 bridgehead atoms. The molecule has 0 amide bonds. The van der Waals surface area contributed by atoms with Crippen molar-refractivity contribution in [3.8, 4) is 0 Å². The van der Waals surface area contributed by atoms with Gasteiger partial charge in [0.1, 0.15) is 11.5 Å². The first-order valence-corrected chi connectivity index (χ1v) is 5.89. The third kappa shape index (κ3) is 3.44. The van der Waals surface area contributed by atoms with Crippen molar-refractivity contribution < 1.29 is 4.42 Å². The topological polar surface area (TPSA) is 25.2 Å². The van der Waals surface area contributed by atoms with Gasteiger partial charge in [-0.15, -0.1) is 0 Å². The van der Waals surface area contributed by atoms with Gasteiger partial charge in [-0.2, -0.15) is 11.8 Å². The number of rotatable bonds is 5. The monoisotopic (exact) mass is 199 g/mol. The highest BCUT2D eigenvalue weighted by Crippen LogP contribution is 2.12. The van der Waals surface area contributed by atoms with Crippen LogP contribution < -0.4 is 5.32 Å². The Morgan fingerprint density at radius 1 is 1.46 bits per heavy atom. The second-order valence-corrected chi connectivity index (χ2v) is 4.09. The van der Waals surface area contributed by atoms with E-state index in [2.05, 4.69) is 17.6 Å². The first-order valence-electron chi connectivity index (χ1n) is 4.49. The number of aryl methyl sites for hydroxylation is 2. The SMILES string of the molecule is CSCCNCc1cc(C)oc1C. The highest BCUT2D eigenvalue weighted by atomic mass is 32.2. The van der Waals surface area contributed by atoms with Gasteiger partial charge in [0.15, 0.2) is 0 Å². The lowest BCUT2D eigenvalue weighted by atomic mass is 10.2. The van der Waals surface area contributed by atoms with Crippen LogP contribution in [0.4, 0.5) is 0 Å². The average Bonchev–Trinajstić information content (AvgIpc) is 2.39. The highest BCUT2D eigenvalue weighted by molar-refractivity contribution is 7.98. The van der Waals surface area contributed by atoms with Gasteiger partial charge >= 0.3 is 0 Å². The van der Waals surface area contributed by atoms with Crippen molar-refractivity contribution in [3.05, 3.63) is 23.2 Å². The van der Waals surface area contributed by atoms with Crippen LogP contribution in [-0.2, 0) is 6.54 Å². The lowest BCUT2D eigenvalue weighted by molar-refractivity contribution is 0.499. The van der Waals surface area contributed by atoms with Crippen LogP contribution in [0.5, 0.6) is 0 Å². The number of thioether (sulfide) groups is 1. The van der Waals surface area contributed by atoms with E-state index in [-0.39, 0.29) is 0 Å². The van der Waals surface area contributed by atoms with Gasteiger partial charge in [-0.05, 0) is 26.2 Å². The van der Waals surface area contributed by atoms with Gasteiger partial charge in [-0.3, -0.25) is 0 Å². The van der Waals surface area contributed by atoms with E-state index < -0.39 is 0 Å². The molecular formula is C10H17NOS. The first-order chi connectivity index (χ1) is 6.24. The molecule has 0 fully saturated rings. The van der Waals surface area contributed by atoms with Crippen LogP contribution in [0.2, 0.25) is 0 Å². The number of furan rings is 1. The molecule has 0 unspecified atom stereocenters. The molecule has 1 heterocycles. The van der Waals surface area contributed by atoms with Crippen molar-refractivity contribution in [2.75, 3.05) is 18.6 Å². The summed E-state index contributed by atoms with van der Waals surface area (Å²) in [6.45, 7) is 5.98. The van der Waals surface area contributed by atoms with Crippen molar-refractivity contribution in [3.63, 3.8) is 0 Å². The summed E-state index contributed by atoms with van der Waals surface area (Å²) < 4.78 is 5.43. The van der Waals surface area contributed by atoms with Gasteiger partial charge in [-0.25, -0.2) is 0 Å². The molecule has 2 nitrogen and oxygen atoms in total. The van der Waals surface area contributed by atoms with Crippen molar-refractivity contribution in [1.82, 2.24) is 5.32 Å². The minimum Gasteiger partial charge on any atom is -0.466 e. The summed E-state index contributed by atoms with van der Waals surface area (Å²) in [7, 11) is 0. The maximum absolute atomic E-state index is 5.43. The summed E-state index contributed by atoms with van der Waals surface area (Å²) >= 11 is 1.86. The van der Waals surface area contributed by atoms with Gasteiger partial charge in [0.2, 0.25) is 0 Å². The standard InChI is InChI=1S/C10H17NOS/c1-8-6-10(9(2)12-8)7-11-4-5-13-3/h6,11H,4-5,7H2,1-3H3. The van der Waals surface area contributed by atoms with E-state index in [0.29, 0.717) is 0 Å². The van der Waals surface area contributed by atoms with Crippen LogP contribution in [0, 0.1) is 13.8 Å². The zero-order valence-electron chi connectivity index (χ0n) is 8.52. The molecule has 0 spiro atoms. The number of hydrogen-bond donors (Lipinski definition) is 1. The Morgan fingerprint density at radius 3 is 2.77 bits per heavy atom. The molecule has 1 aromatic rings. The second-order valence-electron chi connectivity index (χ2n) is 3.11. The van der Waals surface area contributed by atoms with Crippen LogP contribution in [0.1, 0.15) is 17.1 Å². The van der Waals surface area contributed by atoms with Gasteiger partial charge in [0.05, 0.1) is 0 Å². The van der Waals surface area contributed by atoms with E-state index in [1.54, 1.807) is 0 Å². The molecule has 74 valence electrons. The van der Waals surface area contributed by atoms with Crippen LogP contribution in [0.15, 0.2) is 10.5 Å². The molecule has 0 radical (unpaired) electrons. The summed E-state index contributed by atoms with van der Waals surface area (Å²) in [5.74, 6) is 3.20. The summed E-state index contributed by atoms with van der Waals surface area (Å²) in [6, 6.07) is 2.10. The third-order valence-corrected chi connectivity index (χ3v) is 2.55. The van der Waals surface area contributed by atoms with Crippen molar-refractivity contribution in [2.45, 2.75) is 20.4 Å². The molecule has 13 heavy (non-hydrogen) atoms. The predicted molar refractivity (Wildman–Crippen MR) is 58.3 cm³/mol. The average molecular weight is 199 g/mol. The molecule has 1 rings (SSSR count). The minimum atomic E-state index is 0.920. The predicted octanol–water partition coefficient (Wildman–Crippen LogP) is 2.35. The quantitative estimate of drug-likeness (QED) is 0.737. The molecule has 1 aromatic heterocycles. The maximum atomic E-state index is 5.43. The molecule has 0 aliphatic rings. The molecule has 0 aliphatic heterocycles. The van der Waals surface area contributed by atoms with E-state index in [1.165, 1.54) is 5.56 Å². The first kappa shape index (κ1) is 10.7. The largest absolute Gasteiger partial charge is 0.466 e. The second kappa shape index (κ2) is 5.35. The van der Waals surface area contributed by atoms with Crippen LogP contribution >= 0.6 is 11.8 Å². The molecule has 0 saturated carbocycles. The normalized spacial score (nSPS) is 10.7. The lowest BCUT2D eigenvalue weighted by Gasteiger charge is -2.01. The summed E-state index contributed by atoms with van der Waals surface area (Å²) in [6.07, 6.45) is 2.12. The van der Waals surface area contributed by atoms with Crippen molar-refractivity contribution in [1.29, 1.82) is 0 Å². The Balaban J connectivity index is 2.32. The Bertz CT molecular complexity index is 257. The Hall–Kier alpha value is -0.410. The Morgan fingerprint density at radius 2 is 2.23 bits per heavy atom. The Kier molecular flexibility index (Phi) is 4.39. The molecule has 0 aromatic carbocycles. The van der Waals surface area contributed by atoms with E-state index in [4.69, 9.17) is 4.42 Å². The fraction of sp³-hybridized carbons (Fsp3) is 0.600. The van der Waals surface area contributed by atoms with Gasteiger partial charge < -0.3 is 9.73 Å². The molecule has 1 N–H and O–H groups in total. The highest BCUT2D eigenvalue weighted by Gasteiger charge is 2.02. The third-order valence-electron chi connectivity index (χ3n) is 1.94. The zero-order chi connectivity index (χ0) is 9.68. The number of nitrogens with one attached hydrogen (secondary N) is 1. The van der Waals surface area contributed by atoms with Crippen molar-refractivity contribution >= 4 is 11.8 Å². The minimum absolute atomic E-state index is 0.920. The summed E-state index contributed by atoms with van der Waals surface area (Å²) in [5.41, 5.74) is 1.28. The summed E-state index contributed by atoms with van der Waals surface area (Å²) in [4.78, 5) is 0. The Labute approximate surface area is 84.1 Å². The summed E-state index contributed by atoms with van der Waals surface area (Å²) in [5, 5.41) is 3.38. The van der Waals surface area contributed by atoms with Gasteiger partial charge in [-0.1, -0.05) is 0 Å². The van der Waals surface area contributed by atoms with Crippen LogP contribution in [-0.4, -0.2) is 18.6 Å². The molecule has 0 saturated heterocycles. The molecule has 0 atom stereocenters. The fourth-order valence-corrected chi connectivity index (χ4v) is 1.60. The fourth-order valence-electron chi connectivity index (χ4n) is 1.26. The van der Waals surface area contributed by atoms with E-state index in [0.717, 1.165) is 30.4 Å². The van der Waals surface area contributed by atoms with E-state index in [9.17, 15) is 0 Å². The molecule has 0 aliphatic carbocycles. The van der Waals surface area contributed by atoms with E-state index in [1.807, 2.05) is 25.6 Å². The van der Waals surface area contributed by atoms with Crippen molar-refractivity contribution in [2.24, 2.45) is 0 Å². The van der Waals surface area contributed by atoms with Gasteiger partial charge in [0, 0.05) is 24.4 Å². The molecule has 3 heteroatoms. The maximum Gasteiger partial charge on any atom is 0.105 e.